The summed E-state index contributed by atoms with van der Waals surface area (Å²) in [7, 11) is 0. The second kappa shape index (κ2) is 5.85. The van der Waals surface area contributed by atoms with Crippen LogP contribution in [0.4, 0.5) is 0 Å². The van der Waals surface area contributed by atoms with E-state index in [1.807, 2.05) is 30.3 Å². The molecule has 0 saturated carbocycles. The maximum absolute atomic E-state index is 12.1. The molecule has 1 aromatic heterocycles. The molecule has 0 amide bonds. The van der Waals surface area contributed by atoms with Crippen LogP contribution in [0.25, 0.3) is 11.0 Å². The van der Waals surface area contributed by atoms with Gasteiger partial charge in [0.15, 0.2) is 0 Å². The average molecular weight is 293 g/mol. The van der Waals surface area contributed by atoms with Crippen molar-refractivity contribution >= 4 is 16.7 Å². The van der Waals surface area contributed by atoms with E-state index in [4.69, 9.17) is 4.42 Å². The first-order valence-electron chi connectivity index (χ1n) is 6.97. The Kier molecular flexibility index (Phi) is 3.74. The first-order chi connectivity index (χ1) is 10.7. The van der Waals surface area contributed by atoms with E-state index in [1.54, 1.807) is 31.2 Å². The van der Waals surface area contributed by atoms with Gasteiger partial charge in [-0.15, -0.1) is 0 Å². The van der Waals surface area contributed by atoms with E-state index in [0.29, 0.717) is 23.2 Å². The third-order valence-electron chi connectivity index (χ3n) is 3.49. The Balaban J connectivity index is 2.04. The Morgan fingerprint density at radius 1 is 1.09 bits per heavy atom. The van der Waals surface area contributed by atoms with Gasteiger partial charge < -0.3 is 9.52 Å². The van der Waals surface area contributed by atoms with Crippen molar-refractivity contribution < 1.29 is 9.52 Å². The number of aliphatic imine (C=N–C) groups is 1. The fraction of sp³-hybridized carbons (Fsp3) is 0.111. The van der Waals surface area contributed by atoms with Crippen molar-refractivity contribution in [2.75, 3.05) is 0 Å². The fourth-order valence-corrected chi connectivity index (χ4v) is 2.32. The lowest BCUT2D eigenvalue weighted by Gasteiger charge is -2.06. The summed E-state index contributed by atoms with van der Waals surface area (Å²) in [6, 6.07) is 16.6. The second-order valence-electron chi connectivity index (χ2n) is 5.00. The number of aromatic hydroxyl groups is 1. The molecule has 2 aromatic carbocycles. The number of nitrogens with zero attached hydrogens (tertiary/aromatic N) is 1. The summed E-state index contributed by atoms with van der Waals surface area (Å²) in [5.74, 6) is -0.0823. The van der Waals surface area contributed by atoms with Gasteiger partial charge in [-0.2, -0.15) is 0 Å². The van der Waals surface area contributed by atoms with Crippen molar-refractivity contribution in [1.82, 2.24) is 0 Å². The molecule has 0 aliphatic carbocycles. The highest BCUT2D eigenvalue weighted by Crippen LogP contribution is 2.26. The predicted octanol–water partition coefficient (Wildman–Crippen LogP) is 3.51. The van der Waals surface area contributed by atoms with E-state index in [0.717, 1.165) is 5.56 Å². The zero-order chi connectivity index (χ0) is 15.5. The smallest absolute Gasteiger partial charge is 0.349 e. The van der Waals surface area contributed by atoms with Gasteiger partial charge in [-0.05, 0) is 24.6 Å². The molecule has 0 bridgehead atoms. The van der Waals surface area contributed by atoms with E-state index >= 15 is 0 Å². The monoisotopic (exact) mass is 293 g/mol. The van der Waals surface area contributed by atoms with Gasteiger partial charge in [-0.3, -0.25) is 4.99 Å². The molecule has 3 rings (SSSR count). The topological polar surface area (TPSA) is 62.8 Å². The maximum atomic E-state index is 12.1. The Bertz CT molecular complexity index is 895. The number of hydrogen-bond donors (Lipinski definition) is 1. The highest BCUT2D eigenvalue weighted by molar-refractivity contribution is 6.04. The summed E-state index contributed by atoms with van der Waals surface area (Å²) in [5, 5.41) is 10.9. The van der Waals surface area contributed by atoms with Gasteiger partial charge >= 0.3 is 5.63 Å². The third-order valence-corrected chi connectivity index (χ3v) is 3.49. The Hall–Kier alpha value is -2.88. The van der Waals surface area contributed by atoms with Gasteiger partial charge in [-0.1, -0.05) is 42.5 Å². The van der Waals surface area contributed by atoms with E-state index in [9.17, 15) is 9.90 Å². The molecular formula is C18H15NO3. The van der Waals surface area contributed by atoms with Gasteiger partial charge in [-0.25, -0.2) is 4.79 Å². The van der Waals surface area contributed by atoms with Crippen LogP contribution in [0.3, 0.4) is 0 Å². The lowest BCUT2D eigenvalue weighted by atomic mass is 10.1. The molecule has 22 heavy (non-hydrogen) atoms. The van der Waals surface area contributed by atoms with Gasteiger partial charge in [0.05, 0.1) is 17.6 Å². The number of para-hydroxylation sites is 1. The molecule has 1 N–H and O–H groups in total. The molecule has 0 fully saturated rings. The predicted molar refractivity (Wildman–Crippen MR) is 86.5 cm³/mol. The second-order valence-corrected chi connectivity index (χ2v) is 5.00. The normalized spacial score (nSPS) is 11.8. The van der Waals surface area contributed by atoms with Crippen LogP contribution in [-0.4, -0.2) is 10.8 Å². The molecule has 0 unspecified atom stereocenters. The molecule has 4 nitrogen and oxygen atoms in total. The van der Waals surface area contributed by atoms with Gasteiger partial charge in [0.25, 0.3) is 0 Å². The van der Waals surface area contributed by atoms with E-state index in [-0.39, 0.29) is 11.3 Å². The summed E-state index contributed by atoms with van der Waals surface area (Å²) < 4.78 is 5.25. The lowest BCUT2D eigenvalue weighted by Crippen LogP contribution is -2.13. The largest absolute Gasteiger partial charge is 0.506 e. The van der Waals surface area contributed by atoms with E-state index in [2.05, 4.69) is 4.99 Å². The molecular weight excluding hydrogens is 278 g/mol. The SMILES string of the molecule is CC(=NCc1ccccc1)c1c(O)c2ccccc2oc1=O. The van der Waals surface area contributed by atoms with Gasteiger partial charge in [0.2, 0.25) is 0 Å². The maximum Gasteiger partial charge on any atom is 0.349 e. The van der Waals surface area contributed by atoms with Crippen molar-refractivity contribution in [3.8, 4) is 5.75 Å². The molecule has 0 aliphatic heterocycles. The van der Waals surface area contributed by atoms with Crippen molar-refractivity contribution in [2.45, 2.75) is 13.5 Å². The minimum atomic E-state index is -0.578. The number of benzene rings is 2. The minimum Gasteiger partial charge on any atom is -0.506 e. The summed E-state index contributed by atoms with van der Waals surface area (Å²) in [5.41, 5.74) is 1.40. The number of fused-ring (bicyclic) bond motifs is 1. The first kappa shape index (κ1) is 14.1. The van der Waals surface area contributed by atoms with Crippen LogP contribution in [0.2, 0.25) is 0 Å². The molecule has 0 radical (unpaired) electrons. The number of rotatable bonds is 3. The van der Waals surface area contributed by atoms with Crippen molar-refractivity contribution in [1.29, 1.82) is 0 Å². The van der Waals surface area contributed by atoms with Crippen LogP contribution < -0.4 is 5.63 Å². The third kappa shape index (κ3) is 2.63. The molecule has 4 heteroatoms. The molecule has 110 valence electrons. The summed E-state index contributed by atoms with van der Waals surface area (Å²) in [6.45, 7) is 2.14. The molecule has 0 saturated heterocycles. The highest BCUT2D eigenvalue weighted by Gasteiger charge is 2.15. The highest BCUT2D eigenvalue weighted by atomic mass is 16.4. The van der Waals surface area contributed by atoms with E-state index < -0.39 is 5.63 Å². The quantitative estimate of drug-likeness (QED) is 0.593. The van der Waals surface area contributed by atoms with Crippen molar-refractivity contribution in [3.63, 3.8) is 0 Å². The summed E-state index contributed by atoms with van der Waals surface area (Å²) in [6.07, 6.45) is 0. The molecule has 0 atom stereocenters. The van der Waals surface area contributed by atoms with Crippen LogP contribution in [0, 0.1) is 0 Å². The summed E-state index contributed by atoms with van der Waals surface area (Å²) >= 11 is 0. The molecule has 3 aromatic rings. The molecule has 0 aliphatic rings. The Morgan fingerprint density at radius 3 is 2.55 bits per heavy atom. The van der Waals surface area contributed by atoms with Crippen molar-refractivity contribution in [3.05, 3.63) is 76.1 Å². The minimum absolute atomic E-state index is 0.0823. The van der Waals surface area contributed by atoms with Crippen LogP contribution in [0.15, 0.2) is 68.8 Å². The molecule has 1 heterocycles. The average Bonchev–Trinajstić information content (AvgIpc) is 2.54. The van der Waals surface area contributed by atoms with Gasteiger partial charge in [0.1, 0.15) is 16.9 Å². The Labute approximate surface area is 127 Å². The van der Waals surface area contributed by atoms with Crippen LogP contribution in [0.5, 0.6) is 5.75 Å². The van der Waals surface area contributed by atoms with Gasteiger partial charge in [0, 0.05) is 0 Å². The number of hydrogen-bond acceptors (Lipinski definition) is 4. The van der Waals surface area contributed by atoms with Crippen molar-refractivity contribution in [2.24, 2.45) is 4.99 Å². The van der Waals surface area contributed by atoms with E-state index in [1.165, 1.54) is 0 Å². The zero-order valence-corrected chi connectivity index (χ0v) is 12.1. The standard InChI is InChI=1S/C18H15NO3/c1-12(19-11-13-7-3-2-4-8-13)16-17(20)14-9-5-6-10-15(14)22-18(16)21/h2-10,20H,11H2,1H3. The first-order valence-corrected chi connectivity index (χ1v) is 6.97. The fourth-order valence-electron chi connectivity index (χ4n) is 2.32. The van der Waals surface area contributed by atoms with Crippen LogP contribution >= 0.6 is 0 Å². The zero-order valence-electron chi connectivity index (χ0n) is 12.1. The summed E-state index contributed by atoms with van der Waals surface area (Å²) in [4.78, 5) is 16.5. The lowest BCUT2D eigenvalue weighted by molar-refractivity contribution is 0.466. The van der Waals surface area contributed by atoms with Crippen LogP contribution in [0.1, 0.15) is 18.1 Å². The molecule has 0 spiro atoms. The Morgan fingerprint density at radius 2 is 1.77 bits per heavy atom. The van der Waals surface area contributed by atoms with Crippen LogP contribution in [-0.2, 0) is 6.54 Å².